The normalized spacial score (nSPS) is 11.4. The fraction of sp³-hybridized carbons (Fsp3) is 0.167. The lowest BCUT2D eigenvalue weighted by Crippen LogP contribution is -2.17. The molecule has 3 N–H and O–H groups in total. The van der Waals surface area contributed by atoms with Crippen LogP contribution in [-0.2, 0) is 10.0 Å². The largest absolute Gasteiger partial charge is 0.476 e. The van der Waals surface area contributed by atoms with E-state index in [0.29, 0.717) is 11.3 Å². The van der Waals surface area contributed by atoms with Crippen molar-refractivity contribution in [3.05, 3.63) is 39.6 Å². The summed E-state index contributed by atoms with van der Waals surface area (Å²) >= 11 is 3.31. The van der Waals surface area contributed by atoms with Crippen molar-refractivity contribution >= 4 is 37.6 Å². The Balaban J connectivity index is 2.51. The van der Waals surface area contributed by atoms with Crippen LogP contribution in [0.1, 0.15) is 21.7 Å². The molecule has 0 saturated heterocycles. The monoisotopic (exact) mass is 373 g/mol. The lowest BCUT2D eigenvalue weighted by atomic mass is 10.2. The number of carboxylic acid groups (broad SMARTS) is 1. The topological polar surface area (TPSA) is 112 Å². The fourth-order valence-corrected chi connectivity index (χ4v) is 3.62. The Morgan fingerprint density at radius 3 is 2.67 bits per heavy atom. The Morgan fingerprint density at radius 1 is 1.38 bits per heavy atom. The second kappa shape index (κ2) is 5.49. The zero-order chi connectivity index (χ0) is 15.8. The van der Waals surface area contributed by atoms with Gasteiger partial charge in [0, 0.05) is 4.47 Å². The molecule has 0 bridgehead atoms. The summed E-state index contributed by atoms with van der Waals surface area (Å²) in [6.45, 7) is 3.18. The number of H-pyrrole nitrogens is 1. The van der Waals surface area contributed by atoms with E-state index in [1.54, 1.807) is 25.1 Å². The Labute approximate surface area is 129 Å². The maximum atomic E-state index is 12.4. The van der Waals surface area contributed by atoms with E-state index in [1.165, 1.54) is 6.92 Å². The molecule has 7 nitrogen and oxygen atoms in total. The Morgan fingerprint density at radius 2 is 2.05 bits per heavy atom. The molecule has 0 aliphatic carbocycles. The van der Waals surface area contributed by atoms with Gasteiger partial charge < -0.3 is 5.11 Å². The molecule has 0 aliphatic rings. The van der Waals surface area contributed by atoms with Crippen LogP contribution in [0.3, 0.4) is 0 Å². The SMILES string of the molecule is Cc1[nH]nc(C(=O)O)c1S(=O)(=O)Nc1cccc(Br)c1C. The van der Waals surface area contributed by atoms with Crippen LogP contribution in [0.15, 0.2) is 27.6 Å². The molecule has 0 amide bonds. The lowest BCUT2D eigenvalue weighted by molar-refractivity contribution is 0.0686. The van der Waals surface area contributed by atoms with Crippen LogP contribution in [0.4, 0.5) is 5.69 Å². The predicted octanol–water partition coefficient (Wildman–Crippen LogP) is 2.29. The quantitative estimate of drug-likeness (QED) is 0.760. The number of carboxylic acids is 1. The van der Waals surface area contributed by atoms with Crippen LogP contribution < -0.4 is 4.72 Å². The third kappa shape index (κ3) is 2.93. The van der Waals surface area contributed by atoms with Crippen molar-refractivity contribution in [2.24, 2.45) is 0 Å². The van der Waals surface area contributed by atoms with Crippen LogP contribution >= 0.6 is 15.9 Å². The van der Waals surface area contributed by atoms with Crippen molar-refractivity contribution in [3.8, 4) is 0 Å². The van der Waals surface area contributed by atoms with E-state index in [2.05, 4.69) is 30.8 Å². The number of halogens is 1. The first-order valence-electron chi connectivity index (χ1n) is 5.80. The maximum Gasteiger partial charge on any atom is 0.357 e. The predicted molar refractivity (Wildman–Crippen MR) is 80.0 cm³/mol. The van der Waals surface area contributed by atoms with Crippen LogP contribution in [0, 0.1) is 13.8 Å². The molecule has 21 heavy (non-hydrogen) atoms. The average molecular weight is 374 g/mol. The van der Waals surface area contributed by atoms with Gasteiger partial charge in [-0.05, 0) is 31.5 Å². The average Bonchev–Trinajstić information content (AvgIpc) is 2.78. The van der Waals surface area contributed by atoms with Crippen LogP contribution in [-0.4, -0.2) is 29.7 Å². The van der Waals surface area contributed by atoms with Gasteiger partial charge >= 0.3 is 5.97 Å². The number of nitrogens with zero attached hydrogens (tertiary/aromatic N) is 1. The third-order valence-electron chi connectivity index (χ3n) is 2.87. The molecule has 1 heterocycles. The van der Waals surface area contributed by atoms with Gasteiger partial charge in [0.25, 0.3) is 10.0 Å². The van der Waals surface area contributed by atoms with Crippen LogP contribution in [0.2, 0.25) is 0 Å². The maximum absolute atomic E-state index is 12.4. The minimum atomic E-state index is -4.06. The number of sulfonamides is 1. The zero-order valence-electron chi connectivity index (χ0n) is 11.1. The fourth-order valence-electron chi connectivity index (χ4n) is 1.81. The first-order valence-corrected chi connectivity index (χ1v) is 8.08. The van der Waals surface area contributed by atoms with Crippen molar-refractivity contribution in [2.45, 2.75) is 18.7 Å². The number of benzene rings is 1. The Kier molecular flexibility index (Phi) is 4.06. The third-order valence-corrected chi connectivity index (χ3v) is 5.26. The molecule has 0 unspecified atom stereocenters. The van der Waals surface area contributed by atoms with Gasteiger partial charge in [-0.3, -0.25) is 9.82 Å². The number of hydrogen-bond donors (Lipinski definition) is 3. The van der Waals surface area contributed by atoms with Gasteiger partial charge in [0.2, 0.25) is 0 Å². The minimum Gasteiger partial charge on any atom is -0.476 e. The van der Waals surface area contributed by atoms with E-state index in [0.717, 1.165) is 4.47 Å². The number of nitrogens with one attached hydrogen (secondary N) is 2. The van der Waals surface area contributed by atoms with Gasteiger partial charge in [-0.1, -0.05) is 22.0 Å². The first-order chi connectivity index (χ1) is 9.74. The summed E-state index contributed by atoms with van der Waals surface area (Å²) in [6, 6.07) is 5.04. The number of aryl methyl sites for hydroxylation is 1. The molecule has 0 aliphatic heterocycles. The highest BCUT2D eigenvalue weighted by Crippen LogP contribution is 2.27. The molecule has 2 rings (SSSR count). The summed E-state index contributed by atoms with van der Waals surface area (Å²) in [5.74, 6) is -1.41. The van der Waals surface area contributed by atoms with Crippen LogP contribution in [0.5, 0.6) is 0 Å². The van der Waals surface area contributed by atoms with Crippen molar-refractivity contribution in [2.75, 3.05) is 4.72 Å². The van der Waals surface area contributed by atoms with E-state index in [1.807, 2.05) is 0 Å². The highest BCUT2D eigenvalue weighted by atomic mass is 79.9. The second-order valence-corrected chi connectivity index (χ2v) is 6.82. The molecular formula is C12H12BrN3O4S. The lowest BCUT2D eigenvalue weighted by Gasteiger charge is -2.11. The number of aromatic carboxylic acids is 1. The molecule has 0 radical (unpaired) electrons. The zero-order valence-corrected chi connectivity index (χ0v) is 13.5. The standard InChI is InChI=1S/C12H12BrN3O4S/c1-6-8(13)4-3-5-9(6)16-21(19,20)11-7(2)14-15-10(11)12(17)18/h3-5,16H,1-2H3,(H,14,15)(H,17,18). The number of anilines is 1. The smallest absolute Gasteiger partial charge is 0.357 e. The molecule has 112 valence electrons. The Bertz CT molecular complexity index is 814. The highest BCUT2D eigenvalue weighted by molar-refractivity contribution is 9.10. The minimum absolute atomic E-state index is 0.160. The second-order valence-electron chi connectivity index (χ2n) is 4.35. The van der Waals surface area contributed by atoms with Gasteiger partial charge in [0.05, 0.1) is 11.4 Å². The van der Waals surface area contributed by atoms with E-state index in [9.17, 15) is 13.2 Å². The van der Waals surface area contributed by atoms with E-state index < -0.39 is 21.7 Å². The number of rotatable bonds is 4. The number of aromatic amines is 1. The number of carbonyl (C=O) groups is 1. The summed E-state index contributed by atoms with van der Waals surface area (Å²) in [5.41, 5.74) is 0.681. The van der Waals surface area contributed by atoms with Crippen molar-refractivity contribution in [1.29, 1.82) is 0 Å². The van der Waals surface area contributed by atoms with Gasteiger partial charge in [-0.2, -0.15) is 5.10 Å². The van der Waals surface area contributed by atoms with Crippen molar-refractivity contribution < 1.29 is 18.3 Å². The number of aromatic nitrogens is 2. The molecule has 9 heteroatoms. The molecule has 0 atom stereocenters. The molecule has 0 spiro atoms. The number of hydrogen-bond acceptors (Lipinski definition) is 4. The van der Waals surface area contributed by atoms with Gasteiger partial charge in [-0.15, -0.1) is 0 Å². The van der Waals surface area contributed by atoms with Crippen molar-refractivity contribution in [3.63, 3.8) is 0 Å². The van der Waals surface area contributed by atoms with E-state index in [4.69, 9.17) is 5.11 Å². The summed E-state index contributed by atoms with van der Waals surface area (Å²) in [5, 5.41) is 14.9. The van der Waals surface area contributed by atoms with Crippen molar-refractivity contribution in [1.82, 2.24) is 10.2 Å². The molecule has 1 aromatic carbocycles. The molecule has 0 fully saturated rings. The van der Waals surface area contributed by atoms with Gasteiger partial charge in [0.1, 0.15) is 4.90 Å². The van der Waals surface area contributed by atoms with Gasteiger partial charge in [0.15, 0.2) is 5.69 Å². The molecule has 1 aromatic heterocycles. The van der Waals surface area contributed by atoms with Crippen LogP contribution in [0.25, 0.3) is 0 Å². The molecule has 2 aromatic rings. The first kappa shape index (κ1) is 15.5. The molecular weight excluding hydrogens is 362 g/mol. The Hall–Kier alpha value is -1.87. The summed E-state index contributed by atoms with van der Waals surface area (Å²) in [4.78, 5) is 10.7. The van der Waals surface area contributed by atoms with E-state index >= 15 is 0 Å². The molecule has 0 saturated carbocycles. The highest BCUT2D eigenvalue weighted by Gasteiger charge is 2.28. The summed E-state index contributed by atoms with van der Waals surface area (Å²) < 4.78 is 28.0. The van der Waals surface area contributed by atoms with E-state index in [-0.39, 0.29) is 10.6 Å². The summed E-state index contributed by atoms with van der Waals surface area (Å²) in [6.07, 6.45) is 0. The van der Waals surface area contributed by atoms with Gasteiger partial charge in [-0.25, -0.2) is 13.2 Å². The summed E-state index contributed by atoms with van der Waals surface area (Å²) in [7, 11) is -4.06.